The van der Waals surface area contributed by atoms with E-state index < -0.39 is 5.97 Å². The summed E-state index contributed by atoms with van der Waals surface area (Å²) in [7, 11) is 0. The summed E-state index contributed by atoms with van der Waals surface area (Å²) in [6.45, 7) is 0. The van der Waals surface area contributed by atoms with Crippen molar-refractivity contribution in [2.75, 3.05) is 0 Å². The molecule has 1 amide bonds. The topological polar surface area (TPSA) is 88.5 Å². The largest absolute Gasteiger partial charge is 0.481 e. The number of carbonyl (C=O) groups excluding carboxylic acids is 1. The summed E-state index contributed by atoms with van der Waals surface area (Å²) in [6.07, 6.45) is 7.74. The molecule has 1 aromatic rings. The normalized spacial score (nSPS) is 24.5. The van der Waals surface area contributed by atoms with Gasteiger partial charge in [0.05, 0.1) is 5.92 Å². The van der Waals surface area contributed by atoms with Crippen molar-refractivity contribution in [3.63, 3.8) is 0 Å². The van der Waals surface area contributed by atoms with Gasteiger partial charge in [-0.05, 0) is 51.0 Å². The Morgan fingerprint density at radius 2 is 1.91 bits per heavy atom. The molecule has 23 heavy (non-hydrogen) atoms. The first-order chi connectivity index (χ1) is 11.1. The van der Waals surface area contributed by atoms with E-state index in [2.05, 4.69) is 10.3 Å². The van der Waals surface area contributed by atoms with Crippen LogP contribution in [0.4, 0.5) is 0 Å². The molecule has 3 rings (SSSR count). The number of aromatic nitrogens is 1. The average molecular weight is 318 g/mol. The average Bonchev–Trinajstić information content (AvgIpc) is 2.52. The fourth-order valence-electron chi connectivity index (χ4n) is 3.03. The minimum atomic E-state index is -0.735. The zero-order valence-electron chi connectivity index (χ0n) is 13.0. The second kappa shape index (κ2) is 6.98. The zero-order valence-corrected chi connectivity index (χ0v) is 13.0. The molecule has 1 aromatic heterocycles. The van der Waals surface area contributed by atoms with Gasteiger partial charge in [0.1, 0.15) is 6.10 Å². The molecule has 0 aliphatic heterocycles. The van der Waals surface area contributed by atoms with Crippen LogP contribution in [0.2, 0.25) is 0 Å². The van der Waals surface area contributed by atoms with Crippen LogP contribution >= 0.6 is 0 Å². The van der Waals surface area contributed by atoms with Crippen LogP contribution in [-0.4, -0.2) is 34.1 Å². The van der Waals surface area contributed by atoms with E-state index in [9.17, 15) is 9.59 Å². The fourth-order valence-corrected chi connectivity index (χ4v) is 3.03. The standard InChI is InChI=1S/C17H22N2O4/c20-16(19-13-6-4-11(5-7-13)17(21)22)12-8-9-18-15(10-12)23-14-2-1-3-14/h8-11,13-14H,1-7H2,(H,19,20)(H,21,22). The van der Waals surface area contributed by atoms with Crippen molar-refractivity contribution in [1.82, 2.24) is 10.3 Å². The Morgan fingerprint density at radius 1 is 1.17 bits per heavy atom. The molecule has 124 valence electrons. The third kappa shape index (κ3) is 4.00. The first-order valence-electron chi connectivity index (χ1n) is 8.28. The molecule has 2 N–H and O–H groups in total. The van der Waals surface area contributed by atoms with Crippen LogP contribution in [0, 0.1) is 5.92 Å². The summed E-state index contributed by atoms with van der Waals surface area (Å²) in [5.41, 5.74) is 0.537. The molecule has 2 fully saturated rings. The van der Waals surface area contributed by atoms with E-state index in [1.807, 2.05) is 0 Å². The van der Waals surface area contributed by atoms with Crippen LogP contribution in [0.5, 0.6) is 5.88 Å². The Morgan fingerprint density at radius 3 is 2.52 bits per heavy atom. The Labute approximate surface area is 135 Å². The number of carboxylic acids is 1. The lowest BCUT2D eigenvalue weighted by molar-refractivity contribution is -0.142. The molecule has 6 heteroatoms. The molecule has 6 nitrogen and oxygen atoms in total. The van der Waals surface area contributed by atoms with Crippen LogP contribution in [0.15, 0.2) is 18.3 Å². The maximum atomic E-state index is 12.3. The summed E-state index contributed by atoms with van der Waals surface area (Å²) >= 11 is 0. The lowest BCUT2D eigenvalue weighted by Gasteiger charge is -2.27. The third-order valence-electron chi connectivity index (χ3n) is 4.75. The molecule has 0 bridgehead atoms. The van der Waals surface area contributed by atoms with Crippen LogP contribution < -0.4 is 10.1 Å². The highest BCUT2D eigenvalue weighted by Gasteiger charge is 2.27. The molecule has 2 aliphatic rings. The maximum absolute atomic E-state index is 12.3. The summed E-state index contributed by atoms with van der Waals surface area (Å²) in [4.78, 5) is 27.4. The minimum absolute atomic E-state index is 0.0438. The maximum Gasteiger partial charge on any atom is 0.306 e. The molecule has 0 radical (unpaired) electrons. The molecule has 0 atom stereocenters. The number of carboxylic acid groups (broad SMARTS) is 1. The van der Waals surface area contributed by atoms with Crippen molar-refractivity contribution in [1.29, 1.82) is 0 Å². The van der Waals surface area contributed by atoms with Crippen molar-refractivity contribution in [3.8, 4) is 5.88 Å². The monoisotopic (exact) mass is 318 g/mol. The molecule has 2 aliphatic carbocycles. The molecular weight excluding hydrogens is 296 g/mol. The van der Waals surface area contributed by atoms with Gasteiger partial charge in [-0.3, -0.25) is 9.59 Å². The lowest BCUT2D eigenvalue weighted by Crippen LogP contribution is -2.38. The number of nitrogens with one attached hydrogen (secondary N) is 1. The highest BCUT2D eigenvalue weighted by atomic mass is 16.5. The number of amides is 1. The SMILES string of the molecule is O=C(NC1CCC(C(=O)O)CC1)c1ccnc(OC2CCC2)c1. The smallest absolute Gasteiger partial charge is 0.306 e. The lowest BCUT2D eigenvalue weighted by atomic mass is 9.86. The van der Waals surface area contributed by atoms with Gasteiger partial charge in [-0.2, -0.15) is 0 Å². The molecular formula is C17H22N2O4. The summed E-state index contributed by atoms with van der Waals surface area (Å²) in [5.74, 6) is -0.658. The molecule has 0 unspecified atom stereocenters. The predicted octanol–water partition coefficient (Wildman–Crippen LogP) is 2.39. The van der Waals surface area contributed by atoms with Crippen molar-refractivity contribution in [2.45, 2.75) is 57.1 Å². The highest BCUT2D eigenvalue weighted by molar-refractivity contribution is 5.94. The Hall–Kier alpha value is -2.11. The number of pyridine rings is 1. The molecule has 0 aromatic carbocycles. The van der Waals surface area contributed by atoms with Crippen molar-refractivity contribution >= 4 is 11.9 Å². The molecule has 2 saturated carbocycles. The number of carbonyl (C=O) groups is 2. The van der Waals surface area contributed by atoms with Crippen LogP contribution in [0.1, 0.15) is 55.3 Å². The Kier molecular flexibility index (Phi) is 4.79. The number of aliphatic carboxylic acids is 1. The summed E-state index contributed by atoms with van der Waals surface area (Å²) in [6, 6.07) is 3.39. The second-order valence-electron chi connectivity index (χ2n) is 6.41. The van der Waals surface area contributed by atoms with Gasteiger partial charge in [0, 0.05) is 23.9 Å². The van der Waals surface area contributed by atoms with E-state index in [-0.39, 0.29) is 24.0 Å². The van der Waals surface area contributed by atoms with Gasteiger partial charge >= 0.3 is 5.97 Å². The molecule has 0 saturated heterocycles. The van der Waals surface area contributed by atoms with Gasteiger partial charge in [-0.25, -0.2) is 4.98 Å². The molecule has 0 spiro atoms. The van der Waals surface area contributed by atoms with Crippen LogP contribution in [0.3, 0.4) is 0 Å². The predicted molar refractivity (Wildman–Crippen MR) is 83.4 cm³/mol. The third-order valence-corrected chi connectivity index (χ3v) is 4.75. The van der Waals surface area contributed by atoms with E-state index in [4.69, 9.17) is 9.84 Å². The Bertz CT molecular complexity index is 578. The number of nitrogens with zero attached hydrogens (tertiary/aromatic N) is 1. The van der Waals surface area contributed by atoms with Gasteiger partial charge in [0.2, 0.25) is 5.88 Å². The van der Waals surface area contributed by atoms with Crippen LogP contribution in [-0.2, 0) is 4.79 Å². The van der Waals surface area contributed by atoms with Crippen molar-refractivity contribution < 1.29 is 19.4 Å². The van der Waals surface area contributed by atoms with Gasteiger partial charge in [0.15, 0.2) is 0 Å². The van der Waals surface area contributed by atoms with E-state index >= 15 is 0 Å². The minimum Gasteiger partial charge on any atom is -0.481 e. The fraction of sp³-hybridized carbons (Fsp3) is 0.588. The number of ether oxygens (including phenoxy) is 1. The van der Waals surface area contributed by atoms with Gasteiger partial charge in [-0.15, -0.1) is 0 Å². The van der Waals surface area contributed by atoms with Crippen molar-refractivity contribution in [3.05, 3.63) is 23.9 Å². The Balaban J connectivity index is 1.53. The number of hydrogen-bond acceptors (Lipinski definition) is 4. The van der Waals surface area contributed by atoms with Gasteiger partial charge < -0.3 is 15.2 Å². The van der Waals surface area contributed by atoms with Gasteiger partial charge in [0.25, 0.3) is 5.91 Å². The summed E-state index contributed by atoms with van der Waals surface area (Å²) in [5, 5.41) is 12.0. The highest BCUT2D eigenvalue weighted by Crippen LogP contribution is 2.26. The number of hydrogen-bond donors (Lipinski definition) is 2. The van der Waals surface area contributed by atoms with E-state index in [0.29, 0.717) is 37.1 Å². The first-order valence-corrected chi connectivity index (χ1v) is 8.28. The first kappa shape index (κ1) is 15.8. The molecule has 1 heterocycles. The number of rotatable bonds is 5. The zero-order chi connectivity index (χ0) is 16.2. The summed E-state index contributed by atoms with van der Waals surface area (Å²) < 4.78 is 5.72. The van der Waals surface area contributed by atoms with E-state index in [0.717, 1.165) is 12.8 Å². The van der Waals surface area contributed by atoms with E-state index in [1.165, 1.54) is 6.42 Å². The van der Waals surface area contributed by atoms with E-state index in [1.54, 1.807) is 18.3 Å². The van der Waals surface area contributed by atoms with Crippen molar-refractivity contribution in [2.24, 2.45) is 5.92 Å². The van der Waals surface area contributed by atoms with Gasteiger partial charge in [-0.1, -0.05) is 0 Å². The second-order valence-corrected chi connectivity index (χ2v) is 6.41. The van der Waals surface area contributed by atoms with Crippen LogP contribution in [0.25, 0.3) is 0 Å². The quantitative estimate of drug-likeness (QED) is 0.870.